The Morgan fingerprint density at radius 3 is 2.53 bits per heavy atom. The molecule has 0 aliphatic carbocycles. The summed E-state index contributed by atoms with van der Waals surface area (Å²) in [6.07, 6.45) is 1.65. The molecular formula is C16H15FO2. The highest BCUT2D eigenvalue weighted by Crippen LogP contribution is 2.25. The average Bonchev–Trinajstić information content (AvgIpc) is 2.46. The molecule has 0 N–H and O–H groups in total. The maximum Gasteiger partial charge on any atom is 0.150 e. The van der Waals surface area contributed by atoms with Crippen molar-refractivity contribution in [3.63, 3.8) is 0 Å². The molecule has 0 saturated carbocycles. The maximum absolute atomic E-state index is 13.7. The van der Waals surface area contributed by atoms with Crippen LogP contribution >= 0.6 is 0 Å². The Bertz CT molecular complexity index is 561. The third-order valence-electron chi connectivity index (χ3n) is 2.76. The van der Waals surface area contributed by atoms with Crippen LogP contribution < -0.4 is 4.74 Å². The van der Waals surface area contributed by atoms with Crippen molar-refractivity contribution in [3.05, 3.63) is 53.8 Å². The van der Waals surface area contributed by atoms with Gasteiger partial charge in [-0.25, -0.2) is 4.39 Å². The van der Waals surface area contributed by atoms with Gasteiger partial charge in [0.25, 0.3) is 0 Å². The fourth-order valence-electron chi connectivity index (χ4n) is 1.79. The SMILES string of the molecule is CCCOc1ccc(-c2cc(C=O)ccc2F)cc1. The largest absolute Gasteiger partial charge is 0.494 e. The van der Waals surface area contributed by atoms with Gasteiger partial charge in [0.05, 0.1) is 6.61 Å². The highest BCUT2D eigenvalue weighted by atomic mass is 19.1. The van der Waals surface area contributed by atoms with E-state index in [4.69, 9.17) is 4.74 Å². The summed E-state index contributed by atoms with van der Waals surface area (Å²) in [6.45, 7) is 2.70. The van der Waals surface area contributed by atoms with Crippen LogP contribution in [0.2, 0.25) is 0 Å². The lowest BCUT2D eigenvalue weighted by Gasteiger charge is -2.07. The van der Waals surface area contributed by atoms with E-state index < -0.39 is 0 Å². The fraction of sp³-hybridized carbons (Fsp3) is 0.188. The summed E-state index contributed by atoms with van der Waals surface area (Å²) in [5, 5.41) is 0. The van der Waals surface area contributed by atoms with Crippen molar-refractivity contribution >= 4 is 6.29 Å². The quantitative estimate of drug-likeness (QED) is 0.755. The molecule has 19 heavy (non-hydrogen) atoms. The molecule has 2 rings (SSSR count). The van der Waals surface area contributed by atoms with Crippen molar-refractivity contribution in [1.82, 2.24) is 0 Å². The van der Waals surface area contributed by atoms with Gasteiger partial charge in [-0.1, -0.05) is 19.1 Å². The zero-order valence-corrected chi connectivity index (χ0v) is 10.7. The Balaban J connectivity index is 2.28. The Kier molecular flexibility index (Phi) is 4.29. The number of aldehydes is 1. The van der Waals surface area contributed by atoms with Crippen LogP contribution in [0.15, 0.2) is 42.5 Å². The standard InChI is InChI=1S/C16H15FO2/c1-2-9-19-14-6-4-13(5-7-14)15-10-12(11-18)3-8-16(15)17/h3-8,10-11H,2,9H2,1H3. The monoisotopic (exact) mass is 258 g/mol. The third kappa shape index (κ3) is 3.19. The second-order valence-electron chi connectivity index (χ2n) is 4.23. The van der Waals surface area contributed by atoms with E-state index in [1.165, 1.54) is 12.1 Å². The summed E-state index contributed by atoms with van der Waals surface area (Å²) < 4.78 is 19.2. The lowest BCUT2D eigenvalue weighted by atomic mass is 10.0. The predicted octanol–water partition coefficient (Wildman–Crippen LogP) is 4.09. The average molecular weight is 258 g/mol. The number of carbonyl (C=O) groups excluding carboxylic acids is 1. The van der Waals surface area contributed by atoms with E-state index in [9.17, 15) is 9.18 Å². The van der Waals surface area contributed by atoms with Crippen LogP contribution in [0.4, 0.5) is 4.39 Å². The summed E-state index contributed by atoms with van der Waals surface area (Å²) >= 11 is 0. The Morgan fingerprint density at radius 1 is 1.16 bits per heavy atom. The first-order valence-electron chi connectivity index (χ1n) is 6.22. The summed E-state index contributed by atoms with van der Waals surface area (Å²) in [5.74, 6) is 0.422. The van der Waals surface area contributed by atoms with Crippen LogP contribution in [0.3, 0.4) is 0 Å². The molecule has 3 heteroatoms. The molecular weight excluding hydrogens is 243 g/mol. The minimum atomic E-state index is -0.340. The Labute approximate surface area is 111 Å². The normalized spacial score (nSPS) is 10.2. The molecule has 2 aromatic rings. The van der Waals surface area contributed by atoms with Gasteiger partial charge in [0.15, 0.2) is 0 Å². The molecule has 98 valence electrons. The van der Waals surface area contributed by atoms with Crippen LogP contribution in [0, 0.1) is 5.82 Å². The van der Waals surface area contributed by atoms with Crippen LogP contribution in [-0.4, -0.2) is 12.9 Å². The van der Waals surface area contributed by atoms with Crippen molar-refractivity contribution in [2.45, 2.75) is 13.3 Å². The first-order valence-corrected chi connectivity index (χ1v) is 6.22. The van der Waals surface area contributed by atoms with Gasteiger partial charge in [0, 0.05) is 11.1 Å². The maximum atomic E-state index is 13.7. The van der Waals surface area contributed by atoms with Crippen LogP contribution in [0.25, 0.3) is 11.1 Å². The molecule has 0 amide bonds. The van der Waals surface area contributed by atoms with Gasteiger partial charge in [-0.15, -0.1) is 0 Å². The smallest absolute Gasteiger partial charge is 0.150 e. The summed E-state index contributed by atoms with van der Waals surface area (Å²) in [7, 11) is 0. The lowest BCUT2D eigenvalue weighted by Crippen LogP contribution is -1.94. The molecule has 0 aromatic heterocycles. The van der Waals surface area contributed by atoms with E-state index in [1.807, 2.05) is 6.92 Å². The van der Waals surface area contributed by atoms with Crippen molar-refractivity contribution in [2.24, 2.45) is 0 Å². The molecule has 0 aliphatic rings. The number of hydrogen-bond acceptors (Lipinski definition) is 2. The number of ether oxygens (including phenoxy) is 1. The van der Waals surface area contributed by atoms with Gasteiger partial charge < -0.3 is 4.74 Å². The van der Waals surface area contributed by atoms with E-state index in [0.29, 0.717) is 24.0 Å². The number of carbonyl (C=O) groups is 1. The highest BCUT2D eigenvalue weighted by Gasteiger charge is 2.06. The molecule has 0 fully saturated rings. The molecule has 0 aliphatic heterocycles. The fourth-order valence-corrected chi connectivity index (χ4v) is 1.79. The summed E-state index contributed by atoms with van der Waals surface area (Å²) in [5.41, 5.74) is 1.61. The first kappa shape index (κ1) is 13.3. The van der Waals surface area contributed by atoms with Gasteiger partial charge in [0.2, 0.25) is 0 Å². The van der Waals surface area contributed by atoms with E-state index in [1.54, 1.807) is 30.3 Å². The van der Waals surface area contributed by atoms with Crippen molar-refractivity contribution in [1.29, 1.82) is 0 Å². The first-order chi connectivity index (χ1) is 9.24. The number of benzene rings is 2. The second kappa shape index (κ2) is 6.14. The second-order valence-corrected chi connectivity index (χ2v) is 4.23. The minimum Gasteiger partial charge on any atom is -0.494 e. The summed E-state index contributed by atoms with van der Waals surface area (Å²) in [6, 6.07) is 11.5. The van der Waals surface area contributed by atoms with Gasteiger partial charge in [-0.05, 0) is 42.3 Å². The van der Waals surface area contributed by atoms with Gasteiger partial charge in [0.1, 0.15) is 17.9 Å². The molecule has 0 spiro atoms. The third-order valence-corrected chi connectivity index (χ3v) is 2.76. The van der Waals surface area contributed by atoms with Gasteiger partial charge in [-0.3, -0.25) is 4.79 Å². The highest BCUT2D eigenvalue weighted by molar-refractivity contribution is 5.79. The minimum absolute atomic E-state index is 0.340. The van der Waals surface area contributed by atoms with Crippen molar-refractivity contribution < 1.29 is 13.9 Å². The van der Waals surface area contributed by atoms with Crippen molar-refractivity contribution in [3.8, 4) is 16.9 Å². The Morgan fingerprint density at radius 2 is 1.89 bits per heavy atom. The molecule has 2 nitrogen and oxygen atoms in total. The van der Waals surface area contributed by atoms with E-state index in [0.717, 1.165) is 17.7 Å². The molecule has 2 aromatic carbocycles. The summed E-state index contributed by atoms with van der Waals surface area (Å²) in [4.78, 5) is 10.7. The van der Waals surface area contributed by atoms with Gasteiger partial charge >= 0.3 is 0 Å². The molecule has 0 bridgehead atoms. The predicted molar refractivity (Wildman–Crippen MR) is 73.0 cm³/mol. The van der Waals surface area contributed by atoms with E-state index in [2.05, 4.69) is 0 Å². The molecule has 0 saturated heterocycles. The molecule has 0 unspecified atom stereocenters. The van der Waals surface area contributed by atoms with Crippen LogP contribution in [0.1, 0.15) is 23.7 Å². The van der Waals surface area contributed by atoms with E-state index >= 15 is 0 Å². The lowest BCUT2D eigenvalue weighted by molar-refractivity contribution is 0.112. The number of halogens is 1. The van der Waals surface area contributed by atoms with Crippen molar-refractivity contribution in [2.75, 3.05) is 6.61 Å². The number of hydrogen-bond donors (Lipinski definition) is 0. The number of rotatable bonds is 5. The molecule has 0 heterocycles. The topological polar surface area (TPSA) is 26.3 Å². The molecule has 0 radical (unpaired) electrons. The van der Waals surface area contributed by atoms with Gasteiger partial charge in [-0.2, -0.15) is 0 Å². The Hall–Kier alpha value is -2.16. The van der Waals surface area contributed by atoms with Crippen LogP contribution in [-0.2, 0) is 0 Å². The molecule has 0 atom stereocenters. The van der Waals surface area contributed by atoms with Crippen LogP contribution in [0.5, 0.6) is 5.75 Å². The van der Waals surface area contributed by atoms with E-state index in [-0.39, 0.29) is 5.82 Å². The zero-order chi connectivity index (χ0) is 13.7. The zero-order valence-electron chi connectivity index (χ0n) is 10.7.